The van der Waals surface area contributed by atoms with Crippen molar-refractivity contribution in [3.8, 4) is 0 Å². The molecule has 2 heterocycles. The lowest BCUT2D eigenvalue weighted by Crippen LogP contribution is -2.39. The summed E-state index contributed by atoms with van der Waals surface area (Å²) in [5.41, 5.74) is 3.80. The Morgan fingerprint density at radius 3 is 2.78 bits per heavy atom. The Hall–Kier alpha value is -1.61. The summed E-state index contributed by atoms with van der Waals surface area (Å²) in [7, 11) is 3.82. The number of aromatic nitrogens is 2. The predicted molar refractivity (Wildman–Crippen MR) is 120 cm³/mol. The number of rotatable bonds is 6. The van der Waals surface area contributed by atoms with Gasteiger partial charge >= 0.3 is 0 Å². The van der Waals surface area contributed by atoms with Crippen molar-refractivity contribution in [2.24, 2.45) is 12.0 Å². The topological polar surface area (TPSA) is 54.7 Å². The zero-order chi connectivity index (χ0) is 18.4. The van der Waals surface area contributed by atoms with Gasteiger partial charge in [-0.3, -0.25) is 9.67 Å². The zero-order valence-electron chi connectivity index (χ0n) is 16.4. The van der Waals surface area contributed by atoms with Crippen molar-refractivity contribution in [3.63, 3.8) is 0 Å². The molecule has 2 aromatic rings. The highest BCUT2D eigenvalue weighted by atomic mass is 127. The van der Waals surface area contributed by atoms with Gasteiger partial charge in [0.25, 0.3) is 0 Å². The molecule has 1 N–H and O–H groups in total. The molecule has 6 nitrogen and oxygen atoms in total. The predicted octanol–water partition coefficient (Wildman–Crippen LogP) is 3.14. The average Bonchev–Trinajstić information content (AvgIpc) is 3.30. The number of ether oxygens (including phenoxy) is 1. The van der Waals surface area contributed by atoms with Gasteiger partial charge in [0.2, 0.25) is 0 Å². The van der Waals surface area contributed by atoms with Crippen LogP contribution in [0.1, 0.15) is 36.0 Å². The number of hydrogen-bond acceptors (Lipinski definition) is 3. The van der Waals surface area contributed by atoms with Crippen molar-refractivity contribution < 1.29 is 4.74 Å². The van der Waals surface area contributed by atoms with Gasteiger partial charge in [-0.05, 0) is 30.0 Å². The molecule has 27 heavy (non-hydrogen) atoms. The van der Waals surface area contributed by atoms with Crippen LogP contribution in [0, 0.1) is 0 Å². The number of aliphatic imine (C=N–C) groups is 1. The van der Waals surface area contributed by atoms with Crippen molar-refractivity contribution in [2.45, 2.75) is 32.4 Å². The number of nitrogens with zero attached hydrogens (tertiary/aromatic N) is 4. The van der Waals surface area contributed by atoms with Gasteiger partial charge < -0.3 is 15.0 Å². The van der Waals surface area contributed by atoms with E-state index < -0.39 is 0 Å². The van der Waals surface area contributed by atoms with Gasteiger partial charge in [0.15, 0.2) is 5.96 Å². The first-order valence-corrected chi connectivity index (χ1v) is 9.30. The number of likely N-dealkylation sites (tertiary alicyclic amines) is 1. The molecule has 0 saturated carbocycles. The SMILES string of the molecule is CCOCc1ccccc1CNC(=NC)N1CCC(c2cnn(C)c2)C1.I. The number of benzene rings is 1. The summed E-state index contributed by atoms with van der Waals surface area (Å²) in [4.78, 5) is 6.83. The fourth-order valence-electron chi connectivity index (χ4n) is 3.47. The molecule has 1 aliphatic heterocycles. The Morgan fingerprint density at radius 1 is 1.33 bits per heavy atom. The van der Waals surface area contributed by atoms with Crippen molar-refractivity contribution in [1.29, 1.82) is 0 Å². The quantitative estimate of drug-likeness (QED) is 0.390. The van der Waals surface area contributed by atoms with Gasteiger partial charge in [0, 0.05) is 52.5 Å². The van der Waals surface area contributed by atoms with Crippen LogP contribution < -0.4 is 5.32 Å². The van der Waals surface area contributed by atoms with Crippen LogP contribution >= 0.6 is 24.0 Å². The molecule has 0 bridgehead atoms. The minimum atomic E-state index is 0. The Labute approximate surface area is 179 Å². The maximum atomic E-state index is 5.58. The second-order valence-electron chi connectivity index (χ2n) is 6.69. The number of nitrogens with one attached hydrogen (secondary N) is 1. The third-order valence-electron chi connectivity index (χ3n) is 4.91. The molecule has 1 aliphatic rings. The van der Waals surface area contributed by atoms with E-state index in [1.165, 1.54) is 16.7 Å². The van der Waals surface area contributed by atoms with Crippen LogP contribution in [0.2, 0.25) is 0 Å². The Kier molecular flexibility index (Phi) is 8.56. The van der Waals surface area contributed by atoms with Crippen molar-refractivity contribution >= 4 is 29.9 Å². The number of aryl methyl sites for hydroxylation is 1. The van der Waals surface area contributed by atoms with Gasteiger partial charge in [-0.1, -0.05) is 24.3 Å². The largest absolute Gasteiger partial charge is 0.377 e. The van der Waals surface area contributed by atoms with Gasteiger partial charge in [0.1, 0.15) is 0 Å². The Balaban J connectivity index is 0.00000261. The first-order chi connectivity index (χ1) is 12.7. The van der Waals surface area contributed by atoms with Crippen LogP contribution in [0.15, 0.2) is 41.7 Å². The van der Waals surface area contributed by atoms with E-state index in [0.29, 0.717) is 12.5 Å². The van der Waals surface area contributed by atoms with E-state index in [4.69, 9.17) is 4.74 Å². The summed E-state index contributed by atoms with van der Waals surface area (Å²) in [5.74, 6) is 1.48. The number of guanidine groups is 1. The minimum Gasteiger partial charge on any atom is -0.377 e. The lowest BCUT2D eigenvalue weighted by molar-refractivity contribution is 0.133. The maximum Gasteiger partial charge on any atom is 0.193 e. The minimum absolute atomic E-state index is 0. The standard InChI is InChI=1S/C20H29N5O.HI/c1-4-26-15-18-8-6-5-7-16(18)11-22-20(21-2)25-10-9-17(14-25)19-12-23-24(3)13-19;/h5-8,12-13,17H,4,9-11,14-15H2,1-3H3,(H,21,22);1H. The van der Waals surface area contributed by atoms with Gasteiger partial charge in [-0.2, -0.15) is 5.10 Å². The summed E-state index contributed by atoms with van der Waals surface area (Å²) in [6.45, 7) is 6.15. The lowest BCUT2D eigenvalue weighted by atomic mass is 10.0. The number of hydrogen-bond donors (Lipinski definition) is 1. The molecule has 148 valence electrons. The Morgan fingerprint density at radius 2 is 2.11 bits per heavy atom. The van der Waals surface area contributed by atoms with E-state index >= 15 is 0 Å². The second-order valence-corrected chi connectivity index (χ2v) is 6.69. The monoisotopic (exact) mass is 483 g/mol. The van der Waals surface area contributed by atoms with E-state index in [-0.39, 0.29) is 24.0 Å². The summed E-state index contributed by atoms with van der Waals surface area (Å²) >= 11 is 0. The second kappa shape index (κ2) is 10.7. The Bertz CT molecular complexity index is 745. The molecule has 1 saturated heterocycles. The lowest BCUT2D eigenvalue weighted by Gasteiger charge is -2.22. The molecule has 1 aromatic heterocycles. The van der Waals surface area contributed by atoms with E-state index in [1.54, 1.807) is 0 Å². The summed E-state index contributed by atoms with van der Waals surface area (Å²) in [6, 6.07) is 8.41. The van der Waals surface area contributed by atoms with Crippen LogP contribution in [0.4, 0.5) is 0 Å². The maximum absolute atomic E-state index is 5.58. The molecule has 7 heteroatoms. The van der Waals surface area contributed by atoms with Gasteiger partial charge in [0.05, 0.1) is 12.8 Å². The molecule has 1 fully saturated rings. The third-order valence-corrected chi connectivity index (χ3v) is 4.91. The van der Waals surface area contributed by atoms with Crippen LogP contribution in [0.3, 0.4) is 0 Å². The summed E-state index contributed by atoms with van der Waals surface area (Å²) in [5, 5.41) is 7.82. The van der Waals surface area contributed by atoms with Crippen LogP contribution in [-0.2, 0) is 24.9 Å². The summed E-state index contributed by atoms with van der Waals surface area (Å²) in [6.07, 6.45) is 5.23. The van der Waals surface area contributed by atoms with E-state index in [0.717, 1.165) is 38.6 Å². The van der Waals surface area contributed by atoms with Gasteiger partial charge in [-0.15, -0.1) is 24.0 Å². The highest BCUT2D eigenvalue weighted by molar-refractivity contribution is 14.0. The molecule has 3 rings (SSSR count). The van der Waals surface area contributed by atoms with Crippen molar-refractivity contribution in [2.75, 3.05) is 26.7 Å². The molecule has 1 unspecified atom stereocenters. The van der Waals surface area contributed by atoms with E-state index in [2.05, 4.69) is 50.8 Å². The fraction of sp³-hybridized carbons (Fsp3) is 0.500. The highest BCUT2D eigenvalue weighted by Gasteiger charge is 2.26. The molecule has 0 aliphatic carbocycles. The van der Waals surface area contributed by atoms with Crippen LogP contribution in [0.5, 0.6) is 0 Å². The third kappa shape index (κ3) is 5.68. The average molecular weight is 483 g/mol. The summed E-state index contributed by atoms with van der Waals surface area (Å²) < 4.78 is 7.46. The highest BCUT2D eigenvalue weighted by Crippen LogP contribution is 2.26. The molecule has 0 amide bonds. The smallest absolute Gasteiger partial charge is 0.193 e. The molecule has 1 aromatic carbocycles. The van der Waals surface area contributed by atoms with Crippen molar-refractivity contribution in [1.82, 2.24) is 20.0 Å². The first-order valence-electron chi connectivity index (χ1n) is 9.30. The van der Waals surface area contributed by atoms with Crippen LogP contribution in [-0.4, -0.2) is 47.4 Å². The molecular formula is C20H30IN5O. The molecule has 0 radical (unpaired) electrons. The zero-order valence-corrected chi connectivity index (χ0v) is 18.7. The van der Waals surface area contributed by atoms with E-state index in [9.17, 15) is 0 Å². The fourth-order valence-corrected chi connectivity index (χ4v) is 3.47. The van der Waals surface area contributed by atoms with E-state index in [1.807, 2.05) is 31.9 Å². The van der Waals surface area contributed by atoms with Gasteiger partial charge in [-0.25, -0.2) is 0 Å². The van der Waals surface area contributed by atoms with Crippen molar-refractivity contribution in [3.05, 3.63) is 53.3 Å². The molecular weight excluding hydrogens is 453 g/mol. The van der Waals surface area contributed by atoms with Crippen LogP contribution in [0.25, 0.3) is 0 Å². The first kappa shape index (κ1) is 21.7. The number of halogens is 1. The normalized spacial score (nSPS) is 17.1. The molecule has 0 spiro atoms. The molecule has 1 atom stereocenters.